The van der Waals surface area contributed by atoms with E-state index in [1.807, 2.05) is 0 Å². The van der Waals surface area contributed by atoms with Crippen molar-refractivity contribution in [2.45, 2.75) is 40.8 Å². The van der Waals surface area contributed by atoms with Crippen molar-refractivity contribution in [2.24, 2.45) is 0 Å². The van der Waals surface area contributed by atoms with Gasteiger partial charge in [-0.25, -0.2) is 0 Å². The summed E-state index contributed by atoms with van der Waals surface area (Å²) in [7, 11) is 0. The summed E-state index contributed by atoms with van der Waals surface area (Å²) >= 11 is 1.74. The molecule has 22 heavy (non-hydrogen) atoms. The van der Waals surface area contributed by atoms with Crippen molar-refractivity contribution in [1.82, 2.24) is 0 Å². The molecule has 0 saturated carbocycles. The number of hydrogen-bond acceptors (Lipinski definition) is 0. The third kappa shape index (κ3) is 6.18. The molecular formula is C20H26SiZr. The maximum Gasteiger partial charge on any atom is -0.0632 e. The molecule has 0 fully saturated rings. The van der Waals surface area contributed by atoms with Gasteiger partial charge in [-0.2, -0.15) is 45.8 Å². The Balaban J connectivity index is 0.000000179. The van der Waals surface area contributed by atoms with Gasteiger partial charge >= 0.3 is 41.9 Å². The molecule has 3 aromatic carbocycles. The molecule has 3 aromatic rings. The summed E-state index contributed by atoms with van der Waals surface area (Å²) in [6.07, 6.45) is 0. The SMILES string of the molecule is C[Si](C)=[Zr+2].Cc1[cH-]c(C)c(C)c1C.c1ccc2[cH-]ccc2c1. The van der Waals surface area contributed by atoms with Gasteiger partial charge in [0.2, 0.25) is 0 Å². The van der Waals surface area contributed by atoms with E-state index >= 15 is 0 Å². The zero-order valence-corrected chi connectivity index (χ0v) is 18.1. The summed E-state index contributed by atoms with van der Waals surface area (Å²) in [6, 6.07) is 16.9. The molecule has 2 heteroatoms. The van der Waals surface area contributed by atoms with Crippen LogP contribution in [0.4, 0.5) is 0 Å². The molecule has 114 valence electrons. The maximum atomic E-state index is 2.31. The number of benzene rings is 1. The fraction of sp³-hybridized carbons (Fsp3) is 0.300. The van der Waals surface area contributed by atoms with Gasteiger partial charge in [0.15, 0.2) is 0 Å². The van der Waals surface area contributed by atoms with Crippen molar-refractivity contribution in [1.29, 1.82) is 0 Å². The maximum absolute atomic E-state index is 2.31. The molecular weight excluding hydrogens is 360 g/mol. The van der Waals surface area contributed by atoms with E-state index in [0.717, 1.165) is 0 Å². The monoisotopic (exact) mass is 384 g/mol. The van der Waals surface area contributed by atoms with Crippen molar-refractivity contribution in [3.05, 3.63) is 70.8 Å². The van der Waals surface area contributed by atoms with E-state index in [9.17, 15) is 0 Å². The predicted octanol–water partition coefficient (Wildman–Crippen LogP) is 5.98. The van der Waals surface area contributed by atoms with E-state index in [1.54, 1.807) is 23.3 Å². The minimum atomic E-state index is 0.210. The predicted molar refractivity (Wildman–Crippen MR) is 98.0 cm³/mol. The van der Waals surface area contributed by atoms with E-state index in [-0.39, 0.29) is 5.43 Å². The van der Waals surface area contributed by atoms with Gasteiger partial charge in [0, 0.05) is 0 Å². The van der Waals surface area contributed by atoms with E-state index < -0.39 is 0 Å². The Kier molecular flexibility index (Phi) is 8.28. The first-order chi connectivity index (χ1) is 10.3. The molecule has 0 N–H and O–H groups in total. The molecule has 0 nitrogen and oxygen atoms in total. The van der Waals surface area contributed by atoms with Crippen LogP contribution in [0.25, 0.3) is 10.8 Å². The molecule has 0 aromatic heterocycles. The summed E-state index contributed by atoms with van der Waals surface area (Å²) in [5.74, 6) is 0. The summed E-state index contributed by atoms with van der Waals surface area (Å²) in [5, 5.41) is 2.66. The molecule has 0 heterocycles. The Hall–Kier alpha value is -0.720. The first-order valence-corrected chi connectivity index (χ1v) is 13.8. The third-order valence-corrected chi connectivity index (χ3v) is 3.73. The number of fused-ring (bicyclic) bond motifs is 1. The summed E-state index contributed by atoms with van der Waals surface area (Å²) in [4.78, 5) is 0. The normalized spacial score (nSPS) is 9.64. The van der Waals surface area contributed by atoms with Crippen LogP contribution in [-0.2, 0) is 23.3 Å². The topological polar surface area (TPSA) is 0 Å². The Morgan fingerprint density at radius 3 is 1.77 bits per heavy atom. The average Bonchev–Trinajstić information content (AvgIpc) is 3.01. The molecule has 0 amide bonds. The molecule has 3 rings (SSSR count). The van der Waals surface area contributed by atoms with Crippen LogP contribution in [0.15, 0.2) is 48.5 Å². The van der Waals surface area contributed by atoms with E-state index in [0.29, 0.717) is 0 Å². The van der Waals surface area contributed by atoms with Crippen molar-refractivity contribution in [3.8, 4) is 0 Å². The van der Waals surface area contributed by atoms with Crippen molar-refractivity contribution in [3.63, 3.8) is 0 Å². The average molecular weight is 386 g/mol. The first-order valence-electron chi connectivity index (χ1n) is 7.65. The zero-order valence-electron chi connectivity index (χ0n) is 14.6. The fourth-order valence-electron chi connectivity index (χ4n) is 2.20. The van der Waals surface area contributed by atoms with Crippen molar-refractivity contribution < 1.29 is 23.3 Å². The first kappa shape index (κ1) is 19.3. The van der Waals surface area contributed by atoms with Gasteiger partial charge < -0.3 is 0 Å². The van der Waals surface area contributed by atoms with Gasteiger partial charge in [0.05, 0.1) is 0 Å². The smallest absolute Gasteiger partial charge is 0.0632 e. The standard InChI is InChI=1S/C9H7.C9H13.C2H6Si.Zr/c1-2-5-9-7-3-6-8(9)4-1;1-6-5-7(2)9(4)8(6)3;1-3-2;/h1-7H;5H,1-4H3;1-2H3;/q2*-1;;+2. The summed E-state index contributed by atoms with van der Waals surface area (Å²) < 4.78 is 0. The van der Waals surface area contributed by atoms with Crippen molar-refractivity contribution >= 4 is 16.2 Å². The van der Waals surface area contributed by atoms with Gasteiger partial charge in [-0.05, 0) is 0 Å². The molecule has 0 spiro atoms. The molecule has 0 radical (unpaired) electrons. The van der Waals surface area contributed by atoms with Crippen LogP contribution in [0.5, 0.6) is 0 Å². The molecule has 0 bridgehead atoms. The molecule has 0 unspecified atom stereocenters. The van der Waals surface area contributed by atoms with Crippen LogP contribution < -0.4 is 0 Å². The quantitative estimate of drug-likeness (QED) is 0.330. The van der Waals surface area contributed by atoms with E-state index in [4.69, 9.17) is 0 Å². The summed E-state index contributed by atoms with van der Waals surface area (Å²) in [6.45, 7) is 13.3. The Bertz CT molecular complexity index is 675. The molecule has 0 atom stereocenters. The minimum Gasteiger partial charge on any atom is -0.196 e. The second kappa shape index (κ2) is 9.43. The molecule has 0 saturated heterocycles. The zero-order chi connectivity index (χ0) is 16.7. The summed E-state index contributed by atoms with van der Waals surface area (Å²) in [5.41, 5.74) is 5.96. The molecule has 0 aliphatic rings. The van der Waals surface area contributed by atoms with Gasteiger partial charge in [0.1, 0.15) is 0 Å². The largest absolute Gasteiger partial charge is 0.196 e. The third-order valence-electron chi connectivity index (χ3n) is 3.73. The Labute approximate surface area is 150 Å². The number of hydrogen-bond donors (Lipinski definition) is 0. The van der Waals surface area contributed by atoms with Crippen LogP contribution in [0.1, 0.15) is 22.3 Å². The van der Waals surface area contributed by atoms with E-state index in [2.05, 4.69) is 89.3 Å². The second-order valence-corrected chi connectivity index (χ2v) is 15.3. The number of aryl methyl sites for hydroxylation is 2. The van der Waals surface area contributed by atoms with Crippen LogP contribution >= 0.6 is 0 Å². The van der Waals surface area contributed by atoms with Crippen molar-refractivity contribution in [2.75, 3.05) is 0 Å². The van der Waals surface area contributed by atoms with Crippen LogP contribution in [0, 0.1) is 27.7 Å². The molecule has 0 aliphatic carbocycles. The molecule has 0 aliphatic heterocycles. The fourth-order valence-corrected chi connectivity index (χ4v) is 2.20. The van der Waals surface area contributed by atoms with E-state index in [1.165, 1.54) is 33.0 Å². The van der Waals surface area contributed by atoms with Crippen LogP contribution in [-0.4, -0.2) is 5.43 Å². The van der Waals surface area contributed by atoms with Gasteiger partial charge in [-0.1, -0.05) is 33.8 Å². The second-order valence-electron chi connectivity index (χ2n) is 5.92. The Morgan fingerprint density at radius 2 is 1.36 bits per heavy atom. The van der Waals surface area contributed by atoms with Crippen LogP contribution in [0.2, 0.25) is 13.1 Å². The minimum absolute atomic E-state index is 0.210. The van der Waals surface area contributed by atoms with Gasteiger partial charge in [-0.15, -0.1) is 29.7 Å². The number of rotatable bonds is 0. The van der Waals surface area contributed by atoms with Gasteiger partial charge in [-0.3, -0.25) is 0 Å². The Morgan fingerprint density at radius 1 is 0.864 bits per heavy atom. The van der Waals surface area contributed by atoms with Crippen LogP contribution in [0.3, 0.4) is 0 Å². The van der Waals surface area contributed by atoms with Gasteiger partial charge in [0.25, 0.3) is 0 Å².